The fourth-order valence-corrected chi connectivity index (χ4v) is 4.51. The number of aryl methyl sites for hydroxylation is 1. The molecule has 0 radical (unpaired) electrons. The summed E-state index contributed by atoms with van der Waals surface area (Å²) in [6.07, 6.45) is 1.63. The van der Waals surface area contributed by atoms with Crippen LogP contribution >= 0.6 is 0 Å². The highest BCUT2D eigenvalue weighted by atomic mass is 19.1. The molecule has 1 aliphatic heterocycles. The normalized spacial score (nSPS) is 13.6. The highest BCUT2D eigenvalue weighted by Crippen LogP contribution is 2.30. The van der Waals surface area contributed by atoms with Gasteiger partial charge in [0.15, 0.2) is 0 Å². The van der Waals surface area contributed by atoms with Crippen molar-refractivity contribution in [3.05, 3.63) is 95.3 Å². The highest BCUT2D eigenvalue weighted by molar-refractivity contribution is 5.96. The van der Waals surface area contributed by atoms with Crippen molar-refractivity contribution in [2.75, 3.05) is 30.8 Å². The Kier molecular flexibility index (Phi) is 8.51. The summed E-state index contributed by atoms with van der Waals surface area (Å²) in [6, 6.07) is 21.1. The van der Waals surface area contributed by atoms with Gasteiger partial charge in [0.05, 0.1) is 7.11 Å². The summed E-state index contributed by atoms with van der Waals surface area (Å²) < 4.78 is 18.3. The van der Waals surface area contributed by atoms with Crippen molar-refractivity contribution < 1.29 is 23.5 Å². The van der Waals surface area contributed by atoms with Crippen LogP contribution in [0.5, 0.6) is 0 Å². The summed E-state index contributed by atoms with van der Waals surface area (Å²) in [7, 11) is 1.29. The van der Waals surface area contributed by atoms with Gasteiger partial charge in [-0.3, -0.25) is 14.9 Å². The van der Waals surface area contributed by atoms with E-state index in [9.17, 15) is 18.8 Å². The van der Waals surface area contributed by atoms with Gasteiger partial charge in [0.25, 0.3) is 5.91 Å². The van der Waals surface area contributed by atoms with Crippen LogP contribution in [0, 0.1) is 5.82 Å². The average Bonchev–Trinajstić information content (AvgIpc) is 2.93. The molecule has 1 heterocycles. The van der Waals surface area contributed by atoms with Gasteiger partial charge in [-0.2, -0.15) is 0 Å². The van der Waals surface area contributed by atoms with E-state index in [0.717, 1.165) is 12.8 Å². The minimum Gasteiger partial charge on any atom is -0.453 e. The van der Waals surface area contributed by atoms with E-state index >= 15 is 0 Å². The molecule has 0 aliphatic carbocycles. The number of likely N-dealkylation sites (tertiary alicyclic amines) is 1. The van der Waals surface area contributed by atoms with Crippen molar-refractivity contribution in [1.29, 1.82) is 0 Å². The van der Waals surface area contributed by atoms with Crippen molar-refractivity contribution in [3.8, 4) is 0 Å². The van der Waals surface area contributed by atoms with Gasteiger partial charge in [-0.15, -0.1) is 0 Å². The first kappa shape index (κ1) is 25.9. The number of hydrogen-bond acceptors (Lipinski definition) is 4. The average molecular weight is 504 g/mol. The molecule has 3 aromatic rings. The molecular formula is C29H30FN3O4. The van der Waals surface area contributed by atoms with Gasteiger partial charge in [0.2, 0.25) is 5.91 Å². The Morgan fingerprint density at radius 3 is 2.35 bits per heavy atom. The number of ether oxygens (including phenoxy) is 1. The number of amides is 3. The molecule has 192 valence electrons. The summed E-state index contributed by atoms with van der Waals surface area (Å²) >= 11 is 0. The second kappa shape index (κ2) is 12.2. The van der Waals surface area contributed by atoms with Crippen molar-refractivity contribution in [3.63, 3.8) is 0 Å². The number of nitrogens with one attached hydrogen (secondary N) is 2. The van der Waals surface area contributed by atoms with E-state index in [2.05, 4.69) is 15.4 Å². The minimum atomic E-state index is -0.585. The molecule has 0 spiro atoms. The number of carbonyl (C=O) groups excluding carboxylic acids is 3. The summed E-state index contributed by atoms with van der Waals surface area (Å²) in [5, 5.41) is 5.45. The zero-order valence-corrected chi connectivity index (χ0v) is 20.7. The van der Waals surface area contributed by atoms with E-state index in [-0.39, 0.29) is 24.1 Å². The first-order chi connectivity index (χ1) is 17.9. The van der Waals surface area contributed by atoms with Crippen LogP contribution in [0.25, 0.3) is 0 Å². The Morgan fingerprint density at radius 2 is 1.65 bits per heavy atom. The van der Waals surface area contributed by atoms with Crippen molar-refractivity contribution >= 4 is 29.3 Å². The van der Waals surface area contributed by atoms with Crippen LogP contribution in [0.3, 0.4) is 0 Å². The summed E-state index contributed by atoms with van der Waals surface area (Å²) in [5.41, 5.74) is 3.42. The standard InChI is InChI=1S/C29H30FN3O4/c1-37-29(36)32-25-7-4-6-23(19-25)28(35)33-17-15-21(16-18-33)20-9-12-24(13-10-20)31-27(34)14-11-22-5-2-3-8-26(22)30/h2-10,12-13,19,21H,11,14-18H2,1H3,(H,31,34)(H,32,36). The Bertz CT molecular complexity index is 1250. The molecule has 0 unspecified atom stereocenters. The molecule has 7 nitrogen and oxygen atoms in total. The highest BCUT2D eigenvalue weighted by Gasteiger charge is 2.25. The van der Waals surface area contributed by atoms with E-state index in [4.69, 9.17) is 0 Å². The first-order valence-electron chi connectivity index (χ1n) is 12.3. The lowest BCUT2D eigenvalue weighted by molar-refractivity contribution is -0.116. The van der Waals surface area contributed by atoms with Gasteiger partial charge in [-0.05, 0) is 72.7 Å². The molecule has 37 heavy (non-hydrogen) atoms. The number of anilines is 2. The molecule has 2 N–H and O–H groups in total. The summed E-state index contributed by atoms with van der Waals surface area (Å²) in [5.74, 6) is -0.201. The molecule has 1 aliphatic rings. The van der Waals surface area contributed by atoms with Gasteiger partial charge in [-0.1, -0.05) is 36.4 Å². The van der Waals surface area contributed by atoms with Crippen LogP contribution in [-0.2, 0) is 16.0 Å². The molecule has 3 amide bonds. The third-order valence-corrected chi connectivity index (χ3v) is 6.57. The Morgan fingerprint density at radius 1 is 0.919 bits per heavy atom. The SMILES string of the molecule is COC(=O)Nc1cccc(C(=O)N2CCC(c3ccc(NC(=O)CCc4ccccc4F)cc3)CC2)c1. The third-order valence-electron chi connectivity index (χ3n) is 6.57. The number of methoxy groups -OCH3 is 1. The quantitative estimate of drug-likeness (QED) is 0.440. The van der Waals surface area contributed by atoms with E-state index in [1.54, 1.807) is 42.5 Å². The van der Waals surface area contributed by atoms with Crippen LogP contribution in [0.1, 0.15) is 46.7 Å². The number of halogens is 1. The Labute approximate surface area is 215 Å². The lowest BCUT2D eigenvalue weighted by atomic mass is 9.89. The first-order valence-corrected chi connectivity index (χ1v) is 12.3. The maximum atomic E-state index is 13.7. The predicted octanol–water partition coefficient (Wildman–Crippen LogP) is 5.60. The number of piperidine rings is 1. The number of nitrogens with zero attached hydrogens (tertiary/aromatic N) is 1. The lowest BCUT2D eigenvalue weighted by Crippen LogP contribution is -2.37. The number of carbonyl (C=O) groups is 3. The molecule has 4 rings (SSSR count). The fraction of sp³-hybridized carbons (Fsp3) is 0.276. The molecule has 3 aromatic carbocycles. The molecule has 1 saturated heterocycles. The molecule has 0 saturated carbocycles. The summed E-state index contributed by atoms with van der Waals surface area (Å²) in [4.78, 5) is 38.5. The van der Waals surface area contributed by atoms with Gasteiger partial charge >= 0.3 is 6.09 Å². The van der Waals surface area contributed by atoms with Gasteiger partial charge < -0.3 is 15.0 Å². The van der Waals surface area contributed by atoms with Crippen LogP contribution in [0.2, 0.25) is 0 Å². The van der Waals surface area contributed by atoms with Crippen LogP contribution < -0.4 is 10.6 Å². The summed E-state index contributed by atoms with van der Waals surface area (Å²) in [6.45, 7) is 1.26. The number of hydrogen-bond donors (Lipinski definition) is 2. The van der Waals surface area contributed by atoms with Crippen molar-refractivity contribution in [2.24, 2.45) is 0 Å². The zero-order chi connectivity index (χ0) is 26.2. The second-order valence-electron chi connectivity index (χ2n) is 9.03. The Balaban J connectivity index is 1.26. The van der Waals surface area contributed by atoms with Gasteiger partial charge in [-0.25, -0.2) is 9.18 Å². The topological polar surface area (TPSA) is 87.7 Å². The smallest absolute Gasteiger partial charge is 0.411 e. The van der Waals surface area contributed by atoms with Crippen molar-refractivity contribution in [1.82, 2.24) is 4.90 Å². The molecule has 0 atom stereocenters. The van der Waals surface area contributed by atoms with E-state index in [1.165, 1.54) is 18.7 Å². The maximum absolute atomic E-state index is 13.7. The maximum Gasteiger partial charge on any atom is 0.411 e. The van der Waals surface area contributed by atoms with E-state index in [1.807, 2.05) is 29.2 Å². The third kappa shape index (κ3) is 6.94. The zero-order valence-electron chi connectivity index (χ0n) is 20.7. The van der Waals surface area contributed by atoms with E-state index < -0.39 is 6.09 Å². The Hall–Kier alpha value is -4.20. The minimum absolute atomic E-state index is 0.0691. The van der Waals surface area contributed by atoms with Gasteiger partial charge in [0.1, 0.15) is 5.82 Å². The number of benzene rings is 3. The molecular weight excluding hydrogens is 473 g/mol. The van der Waals surface area contributed by atoms with Crippen LogP contribution in [-0.4, -0.2) is 43.0 Å². The lowest BCUT2D eigenvalue weighted by Gasteiger charge is -2.32. The van der Waals surface area contributed by atoms with Gasteiger partial charge in [0, 0.05) is 36.4 Å². The van der Waals surface area contributed by atoms with Crippen LogP contribution in [0.15, 0.2) is 72.8 Å². The molecule has 8 heteroatoms. The monoisotopic (exact) mass is 503 g/mol. The molecule has 0 aromatic heterocycles. The van der Waals surface area contributed by atoms with Crippen LogP contribution in [0.4, 0.5) is 20.6 Å². The van der Waals surface area contributed by atoms with Crippen molar-refractivity contribution in [2.45, 2.75) is 31.6 Å². The molecule has 1 fully saturated rings. The second-order valence-corrected chi connectivity index (χ2v) is 9.03. The molecule has 0 bridgehead atoms. The fourth-order valence-electron chi connectivity index (χ4n) is 4.51. The number of rotatable bonds is 7. The van der Waals surface area contributed by atoms with E-state index in [0.29, 0.717) is 47.9 Å². The largest absolute Gasteiger partial charge is 0.453 e. The predicted molar refractivity (Wildman–Crippen MR) is 140 cm³/mol.